The molecule has 1 aromatic heterocycles. The van der Waals surface area contributed by atoms with Gasteiger partial charge in [0.25, 0.3) is 0 Å². The minimum Gasteiger partial charge on any atom is -0.244 e. The van der Waals surface area contributed by atoms with Gasteiger partial charge in [-0.1, -0.05) is 28.1 Å². The Morgan fingerprint density at radius 2 is 2.06 bits per heavy atom. The van der Waals surface area contributed by atoms with Gasteiger partial charge in [0.1, 0.15) is 4.60 Å². The molecule has 2 nitrogen and oxygen atoms in total. The van der Waals surface area contributed by atoms with E-state index in [0.717, 1.165) is 25.5 Å². The van der Waals surface area contributed by atoms with Crippen molar-refractivity contribution >= 4 is 42.6 Å². The number of nitriles is 1. The summed E-state index contributed by atoms with van der Waals surface area (Å²) < 4.78 is 1.79. The minimum absolute atomic E-state index is 0.201. The van der Waals surface area contributed by atoms with E-state index in [-0.39, 0.29) is 5.92 Å². The first kappa shape index (κ1) is 11.6. The zero-order chi connectivity index (χ0) is 11.7. The number of nitrogens with zero attached hydrogens (tertiary/aromatic N) is 2. The summed E-state index contributed by atoms with van der Waals surface area (Å²) in [7, 11) is 0. The molecule has 1 atom stereocenters. The summed E-state index contributed by atoms with van der Waals surface area (Å²) in [6.45, 7) is 1.84. The highest BCUT2D eigenvalue weighted by Crippen LogP contribution is 2.30. The van der Waals surface area contributed by atoms with Crippen molar-refractivity contribution in [2.24, 2.45) is 0 Å². The molecule has 4 heteroatoms. The first-order valence-corrected chi connectivity index (χ1v) is 6.36. The normalized spacial score (nSPS) is 12.4. The minimum atomic E-state index is -0.201. The fourth-order valence-corrected chi connectivity index (χ4v) is 2.54. The van der Waals surface area contributed by atoms with Gasteiger partial charge in [-0.2, -0.15) is 5.26 Å². The summed E-state index contributed by atoms with van der Waals surface area (Å²) >= 11 is 6.94. The zero-order valence-electron chi connectivity index (χ0n) is 8.54. The summed E-state index contributed by atoms with van der Waals surface area (Å²) in [6.07, 6.45) is 0. The average Bonchev–Trinajstić information content (AvgIpc) is 2.29. The average molecular weight is 340 g/mol. The number of halogens is 2. The Hall–Kier alpha value is -0.920. The quantitative estimate of drug-likeness (QED) is 0.722. The Labute approximate surface area is 111 Å². The van der Waals surface area contributed by atoms with Gasteiger partial charge in [0, 0.05) is 15.2 Å². The van der Waals surface area contributed by atoms with Crippen LogP contribution in [0.1, 0.15) is 18.5 Å². The lowest BCUT2D eigenvalue weighted by atomic mass is 10.1. The predicted octanol–water partition coefficient (Wildman–Crippen LogP) is 4.39. The maximum Gasteiger partial charge on any atom is 0.114 e. The third-order valence-corrected chi connectivity index (χ3v) is 3.73. The molecule has 2 rings (SSSR count). The molecule has 0 radical (unpaired) electrons. The number of pyridine rings is 1. The molecule has 80 valence electrons. The Balaban J connectivity index is 2.76. The van der Waals surface area contributed by atoms with Crippen LogP contribution in [0, 0.1) is 11.3 Å². The van der Waals surface area contributed by atoms with Crippen molar-refractivity contribution < 1.29 is 0 Å². The van der Waals surface area contributed by atoms with Crippen LogP contribution in [-0.2, 0) is 0 Å². The van der Waals surface area contributed by atoms with E-state index in [2.05, 4.69) is 42.9 Å². The van der Waals surface area contributed by atoms with E-state index in [1.54, 1.807) is 0 Å². The molecule has 0 saturated heterocycles. The zero-order valence-corrected chi connectivity index (χ0v) is 11.7. The molecule has 1 aromatic carbocycles. The van der Waals surface area contributed by atoms with Crippen LogP contribution in [0.4, 0.5) is 0 Å². The molecule has 0 bridgehead atoms. The van der Waals surface area contributed by atoms with Crippen LogP contribution in [0.25, 0.3) is 10.8 Å². The number of hydrogen-bond donors (Lipinski definition) is 0. The van der Waals surface area contributed by atoms with Crippen molar-refractivity contribution in [2.75, 3.05) is 0 Å². The number of aromatic nitrogens is 1. The summed E-state index contributed by atoms with van der Waals surface area (Å²) in [6, 6.07) is 10.1. The van der Waals surface area contributed by atoms with E-state index in [1.165, 1.54) is 0 Å². The van der Waals surface area contributed by atoms with E-state index >= 15 is 0 Å². The molecule has 16 heavy (non-hydrogen) atoms. The maximum atomic E-state index is 8.90. The molecule has 2 aromatic rings. The second-order valence-electron chi connectivity index (χ2n) is 3.52. The highest BCUT2D eigenvalue weighted by molar-refractivity contribution is 9.11. The third kappa shape index (κ3) is 1.98. The van der Waals surface area contributed by atoms with Crippen LogP contribution in [-0.4, -0.2) is 4.98 Å². The smallest absolute Gasteiger partial charge is 0.114 e. The Kier molecular flexibility index (Phi) is 3.27. The lowest BCUT2D eigenvalue weighted by Gasteiger charge is -2.07. The van der Waals surface area contributed by atoms with Gasteiger partial charge in [0.05, 0.1) is 17.7 Å². The van der Waals surface area contributed by atoms with Crippen molar-refractivity contribution in [3.63, 3.8) is 0 Å². The van der Waals surface area contributed by atoms with Crippen molar-refractivity contribution in [2.45, 2.75) is 12.8 Å². The van der Waals surface area contributed by atoms with Crippen LogP contribution in [0.15, 0.2) is 33.3 Å². The Morgan fingerprint density at radius 3 is 2.75 bits per heavy atom. The number of benzene rings is 1. The fraction of sp³-hybridized carbons (Fsp3) is 0.167. The molecular weight excluding hydrogens is 332 g/mol. The summed E-state index contributed by atoms with van der Waals surface area (Å²) in [5.41, 5.74) is 0.786. The molecular formula is C12H8Br2N2. The SMILES string of the molecule is CC(C#N)c1cc2c(Br)cccc2c(Br)n1. The molecule has 0 aliphatic heterocycles. The van der Waals surface area contributed by atoms with Gasteiger partial charge < -0.3 is 0 Å². The first-order chi connectivity index (χ1) is 7.63. The predicted molar refractivity (Wildman–Crippen MR) is 71.2 cm³/mol. The van der Waals surface area contributed by atoms with E-state index in [1.807, 2.05) is 31.2 Å². The molecule has 0 fully saturated rings. The second-order valence-corrected chi connectivity index (χ2v) is 5.13. The fourth-order valence-electron chi connectivity index (χ4n) is 1.51. The van der Waals surface area contributed by atoms with Crippen molar-refractivity contribution in [1.29, 1.82) is 5.26 Å². The second kappa shape index (κ2) is 4.52. The van der Waals surface area contributed by atoms with Crippen LogP contribution < -0.4 is 0 Å². The van der Waals surface area contributed by atoms with Gasteiger partial charge in [0.2, 0.25) is 0 Å². The molecule has 0 aliphatic rings. The molecule has 1 unspecified atom stereocenters. The molecule has 0 saturated carbocycles. The van der Waals surface area contributed by atoms with E-state index < -0.39 is 0 Å². The highest BCUT2D eigenvalue weighted by atomic mass is 79.9. The van der Waals surface area contributed by atoms with Gasteiger partial charge in [-0.05, 0) is 35.0 Å². The molecule has 0 spiro atoms. The molecule has 0 N–H and O–H groups in total. The summed E-state index contributed by atoms with van der Waals surface area (Å²) in [5.74, 6) is -0.201. The van der Waals surface area contributed by atoms with E-state index in [9.17, 15) is 0 Å². The number of rotatable bonds is 1. The molecule has 0 aliphatic carbocycles. The summed E-state index contributed by atoms with van der Waals surface area (Å²) in [4.78, 5) is 4.39. The topological polar surface area (TPSA) is 36.7 Å². The van der Waals surface area contributed by atoms with Gasteiger partial charge in [-0.3, -0.25) is 0 Å². The van der Waals surface area contributed by atoms with Gasteiger partial charge in [-0.15, -0.1) is 0 Å². The van der Waals surface area contributed by atoms with Crippen LogP contribution in [0.2, 0.25) is 0 Å². The highest BCUT2D eigenvalue weighted by Gasteiger charge is 2.10. The lowest BCUT2D eigenvalue weighted by Crippen LogP contribution is -1.95. The number of fused-ring (bicyclic) bond motifs is 1. The lowest BCUT2D eigenvalue weighted by molar-refractivity contribution is 0.919. The van der Waals surface area contributed by atoms with Gasteiger partial charge >= 0.3 is 0 Å². The standard InChI is InChI=1S/C12H8Br2N2/c1-7(6-15)11-5-9-8(12(14)16-11)3-2-4-10(9)13/h2-5,7H,1H3. The van der Waals surface area contributed by atoms with Crippen molar-refractivity contribution in [1.82, 2.24) is 4.98 Å². The van der Waals surface area contributed by atoms with Gasteiger partial charge in [-0.25, -0.2) is 4.98 Å². The van der Waals surface area contributed by atoms with E-state index in [4.69, 9.17) is 5.26 Å². The monoisotopic (exact) mass is 338 g/mol. The third-order valence-electron chi connectivity index (χ3n) is 2.43. The van der Waals surface area contributed by atoms with Crippen molar-refractivity contribution in [3.8, 4) is 6.07 Å². The molecule has 0 amide bonds. The Morgan fingerprint density at radius 1 is 1.31 bits per heavy atom. The van der Waals surface area contributed by atoms with Crippen molar-refractivity contribution in [3.05, 3.63) is 39.0 Å². The Bertz CT molecular complexity index is 587. The van der Waals surface area contributed by atoms with Crippen LogP contribution in [0.3, 0.4) is 0 Å². The largest absolute Gasteiger partial charge is 0.244 e. The molecule has 1 heterocycles. The van der Waals surface area contributed by atoms with Crippen LogP contribution >= 0.6 is 31.9 Å². The van der Waals surface area contributed by atoms with Crippen LogP contribution in [0.5, 0.6) is 0 Å². The maximum absolute atomic E-state index is 8.90. The first-order valence-electron chi connectivity index (χ1n) is 4.77. The number of hydrogen-bond acceptors (Lipinski definition) is 2. The van der Waals surface area contributed by atoms with Gasteiger partial charge in [0.15, 0.2) is 0 Å². The summed E-state index contributed by atoms with van der Waals surface area (Å²) in [5, 5.41) is 11.0. The van der Waals surface area contributed by atoms with E-state index in [0.29, 0.717) is 0 Å².